The molecule has 0 atom stereocenters. The number of allylic oxidation sites excluding steroid dienone is 4. The molecule has 1 rings (SSSR count). The standard InChI is InChI=1S/C13H20/c1-6-10-8-12(13(3,4)5)9-11(10)7-2/h6-7,12H,1-2,8-9H2,3-5H3. The summed E-state index contributed by atoms with van der Waals surface area (Å²) in [4.78, 5) is 0. The number of rotatable bonds is 2. The molecule has 0 amide bonds. The Balaban J connectivity index is 2.79. The molecule has 0 unspecified atom stereocenters. The highest BCUT2D eigenvalue weighted by Crippen LogP contribution is 2.42. The van der Waals surface area contributed by atoms with E-state index in [0.29, 0.717) is 5.41 Å². The van der Waals surface area contributed by atoms with Crippen LogP contribution < -0.4 is 0 Å². The second kappa shape index (κ2) is 3.53. The maximum absolute atomic E-state index is 3.85. The van der Waals surface area contributed by atoms with Gasteiger partial charge in [-0.25, -0.2) is 0 Å². The van der Waals surface area contributed by atoms with Gasteiger partial charge in [-0.3, -0.25) is 0 Å². The molecule has 13 heavy (non-hydrogen) atoms. The Kier molecular flexibility index (Phi) is 2.80. The Hall–Kier alpha value is -0.780. The SMILES string of the molecule is C=CC1=C(C=C)CC(C(C)(C)C)C1. The molecule has 0 aromatic rings. The highest BCUT2D eigenvalue weighted by Gasteiger charge is 2.30. The molecular weight excluding hydrogens is 156 g/mol. The predicted molar refractivity (Wildman–Crippen MR) is 59.6 cm³/mol. The first-order valence-electron chi connectivity index (χ1n) is 4.96. The zero-order valence-corrected chi connectivity index (χ0v) is 9.06. The molecule has 0 heteroatoms. The van der Waals surface area contributed by atoms with Gasteiger partial charge in [0.1, 0.15) is 0 Å². The summed E-state index contributed by atoms with van der Waals surface area (Å²) >= 11 is 0. The van der Waals surface area contributed by atoms with Crippen molar-refractivity contribution in [1.82, 2.24) is 0 Å². The fraction of sp³-hybridized carbons (Fsp3) is 0.538. The van der Waals surface area contributed by atoms with Crippen molar-refractivity contribution in [1.29, 1.82) is 0 Å². The Morgan fingerprint density at radius 3 is 1.69 bits per heavy atom. The molecule has 0 aromatic carbocycles. The Labute approximate surface area is 82.0 Å². The van der Waals surface area contributed by atoms with E-state index >= 15 is 0 Å². The third-order valence-electron chi connectivity index (χ3n) is 3.06. The number of hydrogen-bond acceptors (Lipinski definition) is 0. The van der Waals surface area contributed by atoms with Crippen LogP contribution in [0.1, 0.15) is 33.6 Å². The van der Waals surface area contributed by atoms with Crippen LogP contribution in [0.5, 0.6) is 0 Å². The molecule has 0 bridgehead atoms. The third-order valence-corrected chi connectivity index (χ3v) is 3.06. The highest BCUT2D eigenvalue weighted by atomic mass is 14.3. The largest absolute Gasteiger partial charge is 0.0988 e. The van der Waals surface area contributed by atoms with Crippen LogP contribution in [0.3, 0.4) is 0 Å². The number of hydrogen-bond donors (Lipinski definition) is 0. The Morgan fingerprint density at radius 1 is 1.08 bits per heavy atom. The molecule has 72 valence electrons. The van der Waals surface area contributed by atoms with Crippen LogP contribution in [0.25, 0.3) is 0 Å². The van der Waals surface area contributed by atoms with Gasteiger partial charge < -0.3 is 0 Å². The van der Waals surface area contributed by atoms with E-state index in [-0.39, 0.29) is 0 Å². The average Bonchev–Trinajstić information content (AvgIpc) is 2.45. The second-order valence-electron chi connectivity index (χ2n) is 4.93. The van der Waals surface area contributed by atoms with Crippen LogP contribution in [0.2, 0.25) is 0 Å². The van der Waals surface area contributed by atoms with Gasteiger partial charge in [-0.15, -0.1) is 0 Å². The Bertz CT molecular complexity index is 228. The van der Waals surface area contributed by atoms with E-state index in [2.05, 4.69) is 33.9 Å². The maximum atomic E-state index is 3.85. The van der Waals surface area contributed by atoms with E-state index in [9.17, 15) is 0 Å². The average molecular weight is 176 g/mol. The summed E-state index contributed by atoms with van der Waals surface area (Å²) in [6.07, 6.45) is 6.33. The fourth-order valence-electron chi connectivity index (χ4n) is 1.91. The molecule has 0 radical (unpaired) electrons. The first-order chi connectivity index (χ1) is 5.99. The summed E-state index contributed by atoms with van der Waals surface area (Å²) in [6, 6.07) is 0. The van der Waals surface area contributed by atoms with Gasteiger partial charge in [0.2, 0.25) is 0 Å². The summed E-state index contributed by atoms with van der Waals surface area (Å²) < 4.78 is 0. The van der Waals surface area contributed by atoms with E-state index < -0.39 is 0 Å². The molecule has 0 saturated heterocycles. The minimum atomic E-state index is 0.402. The van der Waals surface area contributed by atoms with Crippen molar-refractivity contribution in [2.75, 3.05) is 0 Å². The topological polar surface area (TPSA) is 0 Å². The van der Waals surface area contributed by atoms with Crippen molar-refractivity contribution in [2.45, 2.75) is 33.6 Å². The molecule has 0 spiro atoms. The highest BCUT2D eigenvalue weighted by molar-refractivity contribution is 5.36. The first-order valence-corrected chi connectivity index (χ1v) is 4.96. The smallest absolute Gasteiger partial charge is 0.0240 e. The summed E-state index contributed by atoms with van der Waals surface area (Å²) in [6.45, 7) is 14.6. The van der Waals surface area contributed by atoms with Crippen molar-refractivity contribution in [3.63, 3.8) is 0 Å². The zero-order chi connectivity index (χ0) is 10.1. The van der Waals surface area contributed by atoms with E-state index in [1.54, 1.807) is 0 Å². The summed E-state index contributed by atoms with van der Waals surface area (Å²) in [5.41, 5.74) is 3.20. The lowest BCUT2D eigenvalue weighted by Crippen LogP contribution is -2.17. The van der Waals surface area contributed by atoms with Crippen LogP contribution in [-0.4, -0.2) is 0 Å². The van der Waals surface area contributed by atoms with Crippen LogP contribution in [-0.2, 0) is 0 Å². The quantitative estimate of drug-likeness (QED) is 0.594. The van der Waals surface area contributed by atoms with Gasteiger partial charge in [-0.05, 0) is 35.3 Å². The normalized spacial score (nSPS) is 19.3. The van der Waals surface area contributed by atoms with Gasteiger partial charge in [-0.1, -0.05) is 46.1 Å². The minimum Gasteiger partial charge on any atom is -0.0988 e. The summed E-state index contributed by atoms with van der Waals surface area (Å²) in [7, 11) is 0. The predicted octanol–water partition coefficient (Wildman–Crippen LogP) is 4.11. The second-order valence-corrected chi connectivity index (χ2v) is 4.93. The lowest BCUT2D eigenvalue weighted by atomic mass is 9.78. The molecule has 0 N–H and O–H groups in total. The monoisotopic (exact) mass is 176 g/mol. The van der Waals surface area contributed by atoms with Crippen molar-refractivity contribution < 1.29 is 0 Å². The maximum Gasteiger partial charge on any atom is -0.0240 e. The van der Waals surface area contributed by atoms with Gasteiger partial charge in [0, 0.05) is 0 Å². The van der Waals surface area contributed by atoms with Gasteiger partial charge in [0.05, 0.1) is 0 Å². The van der Waals surface area contributed by atoms with E-state index in [1.807, 2.05) is 12.2 Å². The molecule has 0 aromatic heterocycles. The molecule has 1 aliphatic carbocycles. The molecule has 0 heterocycles. The molecule has 0 aliphatic heterocycles. The molecule has 0 saturated carbocycles. The van der Waals surface area contributed by atoms with Crippen LogP contribution in [0.15, 0.2) is 36.5 Å². The molecular formula is C13H20. The lowest BCUT2D eigenvalue weighted by molar-refractivity contribution is 0.251. The van der Waals surface area contributed by atoms with Gasteiger partial charge in [0.25, 0.3) is 0 Å². The molecule has 0 fully saturated rings. The third kappa shape index (κ3) is 2.12. The van der Waals surface area contributed by atoms with Crippen molar-refractivity contribution in [3.8, 4) is 0 Å². The minimum absolute atomic E-state index is 0.402. The van der Waals surface area contributed by atoms with Crippen molar-refractivity contribution >= 4 is 0 Å². The van der Waals surface area contributed by atoms with Crippen LogP contribution in [0, 0.1) is 11.3 Å². The van der Waals surface area contributed by atoms with E-state index in [1.165, 1.54) is 24.0 Å². The van der Waals surface area contributed by atoms with Gasteiger partial charge >= 0.3 is 0 Å². The fourth-order valence-corrected chi connectivity index (χ4v) is 1.91. The van der Waals surface area contributed by atoms with Crippen LogP contribution in [0.4, 0.5) is 0 Å². The Morgan fingerprint density at radius 2 is 1.46 bits per heavy atom. The van der Waals surface area contributed by atoms with E-state index in [4.69, 9.17) is 0 Å². The van der Waals surface area contributed by atoms with Crippen molar-refractivity contribution in [3.05, 3.63) is 36.5 Å². The first kappa shape index (κ1) is 10.3. The van der Waals surface area contributed by atoms with Gasteiger partial charge in [-0.2, -0.15) is 0 Å². The van der Waals surface area contributed by atoms with Crippen molar-refractivity contribution in [2.24, 2.45) is 11.3 Å². The van der Waals surface area contributed by atoms with Gasteiger partial charge in [0.15, 0.2) is 0 Å². The van der Waals surface area contributed by atoms with E-state index in [0.717, 1.165) is 5.92 Å². The summed E-state index contributed by atoms with van der Waals surface area (Å²) in [5, 5.41) is 0. The molecule has 0 nitrogen and oxygen atoms in total. The zero-order valence-electron chi connectivity index (χ0n) is 9.06. The summed E-state index contributed by atoms with van der Waals surface area (Å²) in [5.74, 6) is 0.758. The van der Waals surface area contributed by atoms with Crippen LogP contribution >= 0.6 is 0 Å². The molecule has 1 aliphatic rings. The lowest BCUT2D eigenvalue weighted by Gasteiger charge is -2.27.